The number of nitrogens with zero attached hydrogens (tertiary/aromatic N) is 2. The van der Waals surface area contributed by atoms with Gasteiger partial charge < -0.3 is 9.80 Å². The van der Waals surface area contributed by atoms with Gasteiger partial charge in [0, 0.05) is 28.2 Å². The van der Waals surface area contributed by atoms with E-state index < -0.39 is 0 Å². The first-order valence-corrected chi connectivity index (χ1v) is 5.14. The van der Waals surface area contributed by atoms with Gasteiger partial charge >= 0.3 is 0 Å². The van der Waals surface area contributed by atoms with Crippen molar-refractivity contribution >= 4 is 11.6 Å². The smallest absolute Gasteiger partial charge is 0.164 e. The molecule has 1 aliphatic carbocycles. The number of hydrogen-bond donors (Lipinski definition) is 0. The Hall–Kier alpha value is -1.58. The molecule has 16 heavy (non-hydrogen) atoms. The molecule has 0 fully saturated rings. The summed E-state index contributed by atoms with van der Waals surface area (Å²) in [5.41, 5.74) is 2.81. The van der Waals surface area contributed by atoms with Crippen LogP contribution in [0.25, 0.3) is 0 Å². The second kappa shape index (κ2) is 4.12. The van der Waals surface area contributed by atoms with E-state index in [4.69, 9.17) is 0 Å². The van der Waals surface area contributed by atoms with Crippen LogP contribution < -0.4 is 0 Å². The van der Waals surface area contributed by atoms with E-state index in [1.165, 1.54) is 13.8 Å². The van der Waals surface area contributed by atoms with E-state index in [-0.39, 0.29) is 11.6 Å². The van der Waals surface area contributed by atoms with E-state index >= 15 is 0 Å². The quantitative estimate of drug-likeness (QED) is 0.706. The highest BCUT2D eigenvalue weighted by Gasteiger charge is 2.36. The summed E-state index contributed by atoms with van der Waals surface area (Å²) in [5, 5.41) is 0. The van der Waals surface area contributed by atoms with Gasteiger partial charge in [-0.2, -0.15) is 0 Å². The minimum atomic E-state index is -0.00241. The Morgan fingerprint density at radius 3 is 1.12 bits per heavy atom. The van der Waals surface area contributed by atoms with Gasteiger partial charge in [-0.25, -0.2) is 0 Å². The van der Waals surface area contributed by atoms with Crippen LogP contribution in [0.5, 0.6) is 0 Å². The van der Waals surface area contributed by atoms with Crippen molar-refractivity contribution in [1.82, 2.24) is 9.80 Å². The third-order valence-corrected chi connectivity index (χ3v) is 2.55. The molecule has 4 heteroatoms. The Kier molecular flexibility index (Phi) is 3.21. The fraction of sp³-hybridized carbons (Fsp3) is 0.500. The molecule has 4 nitrogen and oxygen atoms in total. The topological polar surface area (TPSA) is 40.6 Å². The number of ketones is 2. The van der Waals surface area contributed by atoms with Crippen molar-refractivity contribution in [2.45, 2.75) is 13.8 Å². The molecule has 0 saturated carbocycles. The highest BCUT2D eigenvalue weighted by Crippen LogP contribution is 2.38. The van der Waals surface area contributed by atoms with Crippen LogP contribution in [0.4, 0.5) is 0 Å². The lowest BCUT2D eigenvalue weighted by Crippen LogP contribution is -2.35. The molecule has 0 atom stereocenters. The minimum Gasteiger partial charge on any atom is -0.376 e. The summed E-state index contributed by atoms with van der Waals surface area (Å²) in [6.45, 7) is 3.05. The molecule has 0 aromatic heterocycles. The zero-order valence-corrected chi connectivity index (χ0v) is 10.7. The number of rotatable bonds is 4. The Labute approximate surface area is 96.2 Å². The van der Waals surface area contributed by atoms with Crippen LogP contribution in [0, 0.1) is 0 Å². The molecular weight excluding hydrogens is 204 g/mol. The number of carbonyl (C=O) groups is 2. The molecule has 0 heterocycles. The molecule has 0 spiro atoms. The first-order chi connectivity index (χ1) is 7.29. The maximum absolute atomic E-state index is 11.6. The Bertz CT molecular complexity index is 364. The predicted octanol–water partition coefficient (Wildman–Crippen LogP) is 0.809. The van der Waals surface area contributed by atoms with Crippen molar-refractivity contribution in [1.29, 1.82) is 0 Å². The fourth-order valence-corrected chi connectivity index (χ4v) is 1.97. The van der Waals surface area contributed by atoms with Crippen LogP contribution >= 0.6 is 0 Å². The monoisotopic (exact) mass is 222 g/mol. The molecule has 0 aromatic carbocycles. The minimum absolute atomic E-state index is 0.00241. The normalized spacial score (nSPS) is 14.9. The summed E-state index contributed by atoms with van der Waals surface area (Å²) >= 11 is 0. The summed E-state index contributed by atoms with van der Waals surface area (Å²) in [7, 11) is 7.36. The van der Waals surface area contributed by atoms with Gasteiger partial charge in [-0.1, -0.05) is 0 Å². The SMILES string of the molecule is CC(=O)C1=C(N(C)C)C(C(C)=O)=C1N(C)C. The molecule has 0 aromatic rings. The van der Waals surface area contributed by atoms with E-state index in [0.29, 0.717) is 11.1 Å². The first kappa shape index (κ1) is 12.5. The molecule has 0 amide bonds. The average Bonchev–Trinajstić information content (AvgIpc) is 1.97. The van der Waals surface area contributed by atoms with Gasteiger partial charge in [0.05, 0.1) is 22.5 Å². The lowest BCUT2D eigenvalue weighted by atomic mass is 9.84. The van der Waals surface area contributed by atoms with Gasteiger partial charge in [0.25, 0.3) is 0 Å². The summed E-state index contributed by atoms with van der Waals surface area (Å²) in [5.74, 6) is -0.00481. The van der Waals surface area contributed by atoms with Gasteiger partial charge in [0.1, 0.15) is 0 Å². The first-order valence-electron chi connectivity index (χ1n) is 5.14. The number of allylic oxidation sites excluding steroid dienone is 2. The third-order valence-electron chi connectivity index (χ3n) is 2.55. The van der Waals surface area contributed by atoms with E-state index in [9.17, 15) is 9.59 Å². The van der Waals surface area contributed by atoms with E-state index in [0.717, 1.165) is 11.4 Å². The summed E-state index contributed by atoms with van der Waals surface area (Å²) in [6, 6.07) is 0. The van der Waals surface area contributed by atoms with Crippen molar-refractivity contribution < 1.29 is 9.59 Å². The van der Waals surface area contributed by atoms with Crippen LogP contribution in [0.15, 0.2) is 22.5 Å². The molecule has 1 aliphatic rings. The van der Waals surface area contributed by atoms with Crippen LogP contribution in [0.1, 0.15) is 13.8 Å². The van der Waals surface area contributed by atoms with Gasteiger partial charge in [-0.15, -0.1) is 0 Å². The Morgan fingerprint density at radius 2 is 1.00 bits per heavy atom. The molecule has 1 rings (SSSR count). The zero-order chi connectivity index (χ0) is 12.6. The highest BCUT2D eigenvalue weighted by atomic mass is 16.1. The number of Topliss-reactive ketones (excluding diaryl/α,β-unsaturated/α-hetero) is 2. The van der Waals surface area contributed by atoms with Gasteiger partial charge in [-0.05, 0) is 13.8 Å². The fourth-order valence-electron chi connectivity index (χ4n) is 1.97. The van der Waals surface area contributed by atoms with Gasteiger partial charge in [-0.3, -0.25) is 9.59 Å². The largest absolute Gasteiger partial charge is 0.376 e. The maximum atomic E-state index is 11.6. The van der Waals surface area contributed by atoms with Gasteiger partial charge in [0.2, 0.25) is 0 Å². The molecule has 0 N–H and O–H groups in total. The number of hydrogen-bond acceptors (Lipinski definition) is 4. The lowest BCUT2D eigenvalue weighted by Gasteiger charge is -2.36. The Morgan fingerprint density at radius 1 is 0.750 bits per heavy atom. The second-order valence-corrected chi connectivity index (χ2v) is 4.35. The van der Waals surface area contributed by atoms with Crippen LogP contribution in [-0.2, 0) is 9.59 Å². The average molecular weight is 222 g/mol. The molecule has 0 bridgehead atoms. The molecule has 0 radical (unpaired) electrons. The molecule has 0 unspecified atom stereocenters. The zero-order valence-electron chi connectivity index (χ0n) is 10.7. The molecule has 0 saturated heterocycles. The summed E-state index contributed by atoms with van der Waals surface area (Å²) in [6.07, 6.45) is 0. The number of carbonyl (C=O) groups excluding carboxylic acids is 2. The Balaban J connectivity index is 3.30. The predicted molar refractivity (Wildman–Crippen MR) is 62.8 cm³/mol. The van der Waals surface area contributed by atoms with Crippen molar-refractivity contribution in [2.24, 2.45) is 0 Å². The summed E-state index contributed by atoms with van der Waals surface area (Å²) < 4.78 is 0. The second-order valence-electron chi connectivity index (χ2n) is 4.35. The standard InChI is InChI=1S/C12H18N2O2/c1-7(15)9-11(13(3)4)10(8(2)16)12(9)14(5)6/h1-6H3. The highest BCUT2D eigenvalue weighted by molar-refractivity contribution is 6.12. The van der Waals surface area contributed by atoms with Crippen molar-refractivity contribution in [3.63, 3.8) is 0 Å². The van der Waals surface area contributed by atoms with E-state index in [1.54, 1.807) is 0 Å². The third kappa shape index (κ3) is 1.75. The molecule has 0 aliphatic heterocycles. The summed E-state index contributed by atoms with van der Waals surface area (Å²) in [4.78, 5) is 26.8. The van der Waals surface area contributed by atoms with E-state index in [2.05, 4.69) is 0 Å². The van der Waals surface area contributed by atoms with Crippen molar-refractivity contribution in [3.05, 3.63) is 22.5 Å². The van der Waals surface area contributed by atoms with Crippen molar-refractivity contribution in [3.8, 4) is 0 Å². The van der Waals surface area contributed by atoms with Crippen LogP contribution in [0.3, 0.4) is 0 Å². The number of likely N-dealkylation sites (N-methyl/N-ethyl adjacent to an activating group) is 2. The van der Waals surface area contributed by atoms with Crippen LogP contribution in [-0.4, -0.2) is 49.6 Å². The van der Waals surface area contributed by atoms with Gasteiger partial charge in [0.15, 0.2) is 11.6 Å². The maximum Gasteiger partial charge on any atom is 0.164 e. The van der Waals surface area contributed by atoms with E-state index in [1.807, 2.05) is 38.0 Å². The molecule has 88 valence electrons. The van der Waals surface area contributed by atoms with Crippen LogP contribution in [0.2, 0.25) is 0 Å². The molecular formula is C12H18N2O2. The lowest BCUT2D eigenvalue weighted by molar-refractivity contribution is -0.114. The van der Waals surface area contributed by atoms with Crippen molar-refractivity contribution in [2.75, 3.05) is 28.2 Å².